The minimum atomic E-state index is 0.796. The molecule has 6 aromatic carbocycles. The molecule has 0 atom stereocenters. The number of rotatable bonds is 2. The average Bonchev–Trinajstić information content (AvgIpc) is 3.70. The largest absolute Gasteiger partial charge is 0.496 e. The van der Waals surface area contributed by atoms with Gasteiger partial charge in [-0.25, -0.2) is 0 Å². The van der Waals surface area contributed by atoms with E-state index < -0.39 is 0 Å². The molecule has 0 aliphatic heterocycles. The van der Waals surface area contributed by atoms with Gasteiger partial charge in [-0.05, 0) is 157 Å². The average molecular weight is 739 g/mol. The molecule has 1 aromatic heterocycles. The molecule has 0 N–H and O–H groups in total. The van der Waals surface area contributed by atoms with Gasteiger partial charge in [-0.1, -0.05) is 85.0 Å². The van der Waals surface area contributed by atoms with Gasteiger partial charge in [0.2, 0.25) is 0 Å². The van der Waals surface area contributed by atoms with Crippen LogP contribution in [0, 0.1) is 55.4 Å². The van der Waals surface area contributed by atoms with Gasteiger partial charge in [0.15, 0.2) is 0 Å². The predicted molar refractivity (Wildman–Crippen MR) is 234 cm³/mol. The van der Waals surface area contributed by atoms with Crippen molar-refractivity contribution in [3.8, 4) is 56.0 Å². The second-order valence-corrected chi connectivity index (χ2v) is 15.4. The van der Waals surface area contributed by atoms with E-state index in [1.165, 1.54) is 89.6 Å². The summed E-state index contributed by atoms with van der Waals surface area (Å²) in [5, 5.41) is 0. The maximum Gasteiger partial charge on any atom is 0.126 e. The Morgan fingerprint density at radius 2 is 0.727 bits per heavy atom. The van der Waals surface area contributed by atoms with Crippen LogP contribution in [0.5, 0.6) is 11.5 Å². The van der Waals surface area contributed by atoms with Crippen molar-refractivity contribution < 1.29 is 9.47 Å². The molecule has 15 aliphatic rings. The Hall–Kier alpha value is -5.78. The van der Waals surface area contributed by atoms with Crippen molar-refractivity contribution in [3.05, 3.63) is 140 Å². The van der Waals surface area contributed by atoms with Crippen LogP contribution in [-0.2, 0) is 0 Å². The van der Waals surface area contributed by atoms with Gasteiger partial charge < -0.3 is 9.47 Å². The van der Waals surface area contributed by atoms with Gasteiger partial charge in [0.1, 0.15) is 22.5 Å². The minimum Gasteiger partial charge on any atom is -0.496 e. The molecule has 0 saturated heterocycles. The maximum absolute atomic E-state index is 5.98. The summed E-state index contributed by atoms with van der Waals surface area (Å²) in [4.78, 5) is 0. The van der Waals surface area contributed by atoms with Crippen molar-refractivity contribution in [2.75, 3.05) is 14.2 Å². The molecule has 15 aliphatic carbocycles. The normalized spacial score (nSPS) is 12.0. The Balaban J connectivity index is 1.36. The number of nitrogens with zero attached hydrogens (tertiary/aromatic N) is 2. The van der Waals surface area contributed by atoms with Crippen molar-refractivity contribution in [2.45, 2.75) is 55.4 Å². The Morgan fingerprint density at radius 1 is 0.400 bits per heavy atom. The summed E-state index contributed by atoms with van der Waals surface area (Å²) in [6.07, 6.45) is 8.75. The van der Waals surface area contributed by atoms with E-state index in [1.807, 2.05) is 0 Å². The zero-order valence-corrected chi connectivity index (χ0v) is 34.2. The van der Waals surface area contributed by atoms with E-state index >= 15 is 0 Å². The lowest BCUT2D eigenvalue weighted by molar-refractivity contribution is 0.401. The monoisotopic (exact) mass is 738 g/mol. The van der Waals surface area contributed by atoms with Crippen LogP contribution in [0.3, 0.4) is 0 Å². The highest BCUT2D eigenvalue weighted by atomic mass is 32.1. The first-order valence-corrected chi connectivity index (χ1v) is 19.5. The summed E-state index contributed by atoms with van der Waals surface area (Å²) in [5.74, 6) is 1.59. The third kappa shape index (κ3) is 5.98. The maximum atomic E-state index is 5.98. The van der Waals surface area contributed by atoms with E-state index in [-0.39, 0.29) is 0 Å². The number of ether oxygens (including phenoxy) is 2. The summed E-state index contributed by atoms with van der Waals surface area (Å²) >= 11 is 1.27. The lowest BCUT2D eigenvalue weighted by atomic mass is 9.84. The Bertz CT molecular complexity index is 2490. The van der Waals surface area contributed by atoms with Gasteiger partial charge in [0.25, 0.3) is 0 Å². The molecule has 0 fully saturated rings. The first kappa shape index (κ1) is 36.2. The van der Waals surface area contributed by atoms with E-state index in [1.54, 1.807) is 14.2 Å². The van der Waals surface area contributed by atoms with Crippen LogP contribution < -0.4 is 9.47 Å². The molecule has 0 radical (unpaired) electrons. The molecule has 55 heavy (non-hydrogen) atoms. The minimum absolute atomic E-state index is 0.796. The summed E-state index contributed by atoms with van der Waals surface area (Å²) in [6, 6.07) is 26.5. The van der Waals surface area contributed by atoms with E-state index in [4.69, 9.17) is 18.2 Å². The predicted octanol–water partition coefficient (Wildman–Crippen LogP) is 13.5. The summed E-state index contributed by atoms with van der Waals surface area (Å²) in [5.41, 5.74) is 25.8. The summed E-state index contributed by atoms with van der Waals surface area (Å²) in [6.45, 7) is 17.9. The highest BCUT2D eigenvalue weighted by molar-refractivity contribution is 7.00. The first-order valence-electron chi connectivity index (χ1n) is 18.8. The van der Waals surface area contributed by atoms with Crippen LogP contribution in [0.4, 0.5) is 0 Å². The topological polar surface area (TPSA) is 44.2 Å². The summed E-state index contributed by atoms with van der Waals surface area (Å²) < 4.78 is 21.6. The molecule has 5 heteroatoms. The SMILES string of the molecule is COc1cc2c(OC)cc1C=Cc1c(C)c(C)c(c(C)c1C)-c1ccc(cc1)-c1ccc(c3nsnc13)-c1ccc(cc1)-c1c(C)c(C)c(c(C)c1C)C=C2. The molecule has 0 amide bonds. The molecule has 0 spiro atoms. The number of hydrogen-bond donors (Lipinski definition) is 0. The fourth-order valence-corrected chi connectivity index (χ4v) is 9.14. The Morgan fingerprint density at radius 3 is 1.05 bits per heavy atom. The second kappa shape index (κ2) is 14.1. The Kier molecular flexibility index (Phi) is 9.30. The van der Waals surface area contributed by atoms with Crippen LogP contribution in [-0.4, -0.2) is 23.0 Å². The van der Waals surface area contributed by atoms with Crippen molar-refractivity contribution >= 4 is 47.1 Å². The molecular weight excluding hydrogens is 693 g/mol. The van der Waals surface area contributed by atoms with Gasteiger partial charge in [0.05, 0.1) is 25.9 Å². The number of hydrogen-bond acceptors (Lipinski definition) is 5. The lowest BCUT2D eigenvalue weighted by Gasteiger charge is -2.20. The molecule has 0 unspecified atom stereocenters. The standard InChI is InChI=1S/C50H46N2O2S/c1-27-31(5)47-32(6)28(2)41(27)21-19-39-25-46(54-10)40(26-45(39)53-9)20-22-42-29(3)33(7)48(34(8)30(42)4)38-17-13-36(14-18-38)44-24-23-43(49-50(44)52-55-51-49)35-11-15-37(47)16-12-35/h11-26H,1-10H3. The highest BCUT2D eigenvalue weighted by Crippen LogP contribution is 2.41. The third-order valence-electron chi connectivity index (χ3n) is 12.2. The number of benzene rings is 6. The molecule has 0 saturated carbocycles. The third-order valence-corrected chi connectivity index (χ3v) is 12.7. The van der Waals surface area contributed by atoms with E-state index in [9.17, 15) is 0 Å². The van der Waals surface area contributed by atoms with Gasteiger partial charge in [-0.15, -0.1) is 0 Å². The zero-order chi connectivity index (χ0) is 38.7. The number of methoxy groups -OCH3 is 2. The molecule has 274 valence electrons. The molecule has 12 bridgehead atoms. The van der Waals surface area contributed by atoms with Crippen molar-refractivity contribution in [2.24, 2.45) is 0 Å². The van der Waals surface area contributed by atoms with E-state index in [0.29, 0.717) is 0 Å². The van der Waals surface area contributed by atoms with Crippen LogP contribution in [0.25, 0.3) is 79.8 Å². The smallest absolute Gasteiger partial charge is 0.126 e. The molecule has 1 heterocycles. The van der Waals surface area contributed by atoms with Crippen molar-refractivity contribution in [3.63, 3.8) is 0 Å². The van der Waals surface area contributed by atoms with Crippen molar-refractivity contribution in [1.82, 2.24) is 8.75 Å². The van der Waals surface area contributed by atoms with Crippen molar-refractivity contribution in [1.29, 1.82) is 0 Å². The molecular formula is C50H46N2O2S. The van der Waals surface area contributed by atoms with E-state index in [0.717, 1.165) is 55.9 Å². The molecule has 7 aromatic rings. The fraction of sp³-hybridized carbons (Fsp3) is 0.200. The van der Waals surface area contributed by atoms with E-state index in [2.05, 4.69) is 152 Å². The van der Waals surface area contributed by atoms with Gasteiger partial charge in [-0.2, -0.15) is 8.75 Å². The fourth-order valence-electron chi connectivity index (χ4n) is 8.57. The van der Waals surface area contributed by atoms with Crippen LogP contribution in [0.2, 0.25) is 0 Å². The highest BCUT2D eigenvalue weighted by Gasteiger charge is 2.19. The van der Waals surface area contributed by atoms with Gasteiger partial charge in [0, 0.05) is 22.3 Å². The number of aromatic nitrogens is 2. The van der Waals surface area contributed by atoms with Crippen LogP contribution in [0.1, 0.15) is 66.8 Å². The van der Waals surface area contributed by atoms with Gasteiger partial charge in [-0.3, -0.25) is 0 Å². The second-order valence-electron chi connectivity index (χ2n) is 14.9. The Labute approximate surface area is 329 Å². The summed E-state index contributed by atoms with van der Waals surface area (Å²) in [7, 11) is 3.47. The van der Waals surface area contributed by atoms with Crippen LogP contribution >= 0.6 is 11.7 Å². The molecule has 22 rings (SSSR count). The lowest BCUT2D eigenvalue weighted by Crippen LogP contribution is -2.00. The first-order chi connectivity index (χ1) is 26.5. The van der Waals surface area contributed by atoms with Crippen LogP contribution in [0.15, 0.2) is 72.8 Å². The molecule has 4 nitrogen and oxygen atoms in total. The zero-order valence-electron chi connectivity index (χ0n) is 33.4. The quantitative estimate of drug-likeness (QED) is 0.177. The van der Waals surface area contributed by atoms with Gasteiger partial charge >= 0.3 is 0 Å².